The van der Waals surface area contributed by atoms with Gasteiger partial charge in [-0.05, 0) is 46.4 Å². The lowest BCUT2D eigenvalue weighted by Gasteiger charge is -2.13. The summed E-state index contributed by atoms with van der Waals surface area (Å²) in [6.07, 6.45) is 4.83. The van der Waals surface area contributed by atoms with E-state index in [1.807, 2.05) is 0 Å². The largest absolute Gasteiger partial charge is 0.327 e. The van der Waals surface area contributed by atoms with Crippen molar-refractivity contribution >= 4 is 0 Å². The van der Waals surface area contributed by atoms with E-state index in [1.165, 1.54) is 25.8 Å². The number of nitrogens with one attached hydrogen (secondary N) is 1. The molecule has 3 heteroatoms. The minimum Gasteiger partial charge on any atom is -0.327 e. The van der Waals surface area contributed by atoms with Crippen LogP contribution in [0.4, 0.5) is 0 Å². The number of hydrogen-bond donors (Lipinski definition) is 2. The molecule has 0 fully saturated rings. The van der Waals surface area contributed by atoms with Crippen LogP contribution in [0.1, 0.15) is 32.6 Å². The summed E-state index contributed by atoms with van der Waals surface area (Å²) in [5.41, 5.74) is 5.96. The van der Waals surface area contributed by atoms with Gasteiger partial charge in [0, 0.05) is 12.6 Å². The van der Waals surface area contributed by atoms with E-state index in [-0.39, 0.29) is 0 Å². The molecule has 0 aromatic carbocycles. The first-order chi connectivity index (χ1) is 6.66. The highest BCUT2D eigenvalue weighted by atomic mass is 15.0. The summed E-state index contributed by atoms with van der Waals surface area (Å²) in [5.74, 6) is 0. The van der Waals surface area contributed by atoms with Gasteiger partial charge in [-0.3, -0.25) is 0 Å². The summed E-state index contributed by atoms with van der Waals surface area (Å²) >= 11 is 0. The molecule has 3 nitrogen and oxygen atoms in total. The fourth-order valence-electron chi connectivity index (χ4n) is 1.40. The molecule has 14 heavy (non-hydrogen) atoms. The van der Waals surface area contributed by atoms with Crippen molar-refractivity contribution < 1.29 is 0 Å². The van der Waals surface area contributed by atoms with Crippen molar-refractivity contribution in [2.75, 3.05) is 33.7 Å². The van der Waals surface area contributed by atoms with Crippen LogP contribution in [0.15, 0.2) is 0 Å². The molecule has 0 bridgehead atoms. The number of rotatable bonds is 9. The second kappa shape index (κ2) is 9.44. The molecular weight excluding hydrogens is 174 g/mol. The van der Waals surface area contributed by atoms with Crippen LogP contribution >= 0.6 is 0 Å². The summed E-state index contributed by atoms with van der Waals surface area (Å²) in [7, 11) is 4.23. The minimum atomic E-state index is 0.337. The van der Waals surface area contributed by atoms with Crippen LogP contribution in [0.3, 0.4) is 0 Å². The van der Waals surface area contributed by atoms with Gasteiger partial charge in [-0.25, -0.2) is 0 Å². The van der Waals surface area contributed by atoms with Crippen LogP contribution in [-0.4, -0.2) is 44.7 Å². The lowest BCUT2D eigenvalue weighted by atomic mass is 10.1. The van der Waals surface area contributed by atoms with Gasteiger partial charge in [0.2, 0.25) is 0 Å². The Labute approximate surface area is 89.0 Å². The van der Waals surface area contributed by atoms with Gasteiger partial charge >= 0.3 is 0 Å². The monoisotopic (exact) mass is 201 g/mol. The van der Waals surface area contributed by atoms with Crippen molar-refractivity contribution in [2.45, 2.75) is 38.6 Å². The number of nitrogens with zero attached hydrogens (tertiary/aromatic N) is 1. The number of nitrogens with two attached hydrogens (primary N) is 1. The zero-order chi connectivity index (χ0) is 10.8. The lowest BCUT2D eigenvalue weighted by molar-refractivity contribution is 0.385. The molecule has 0 aromatic heterocycles. The first-order valence-corrected chi connectivity index (χ1v) is 5.77. The summed E-state index contributed by atoms with van der Waals surface area (Å²) in [6, 6.07) is 0.337. The van der Waals surface area contributed by atoms with Gasteiger partial charge in [0.15, 0.2) is 0 Å². The molecule has 0 saturated carbocycles. The average Bonchev–Trinajstić information content (AvgIpc) is 2.13. The van der Waals surface area contributed by atoms with Crippen LogP contribution in [0.5, 0.6) is 0 Å². The number of hydrogen-bond acceptors (Lipinski definition) is 3. The maximum absolute atomic E-state index is 5.96. The van der Waals surface area contributed by atoms with E-state index in [1.54, 1.807) is 0 Å². The molecule has 0 aromatic rings. The van der Waals surface area contributed by atoms with Crippen molar-refractivity contribution in [1.29, 1.82) is 0 Å². The van der Waals surface area contributed by atoms with Crippen molar-refractivity contribution in [3.63, 3.8) is 0 Å². The van der Waals surface area contributed by atoms with E-state index in [9.17, 15) is 0 Å². The Bertz CT molecular complexity index is 115. The van der Waals surface area contributed by atoms with Crippen LogP contribution in [0.25, 0.3) is 0 Å². The summed E-state index contributed by atoms with van der Waals surface area (Å²) in [6.45, 7) is 5.41. The standard InChI is InChI=1S/C11H27N3/c1-4-8-13-10-11(12)7-5-6-9-14(2)3/h11,13H,4-10,12H2,1-3H3. The van der Waals surface area contributed by atoms with Crippen LogP contribution in [-0.2, 0) is 0 Å². The topological polar surface area (TPSA) is 41.3 Å². The van der Waals surface area contributed by atoms with Crippen molar-refractivity contribution in [1.82, 2.24) is 10.2 Å². The van der Waals surface area contributed by atoms with Crippen LogP contribution < -0.4 is 11.1 Å². The summed E-state index contributed by atoms with van der Waals surface area (Å²) in [5, 5.41) is 3.35. The Morgan fingerprint density at radius 2 is 2.00 bits per heavy atom. The quantitative estimate of drug-likeness (QED) is 0.548. The minimum absolute atomic E-state index is 0.337. The van der Waals surface area contributed by atoms with Gasteiger partial charge in [0.05, 0.1) is 0 Å². The molecule has 0 aliphatic carbocycles. The van der Waals surface area contributed by atoms with Crippen LogP contribution in [0.2, 0.25) is 0 Å². The summed E-state index contributed by atoms with van der Waals surface area (Å²) in [4.78, 5) is 2.22. The molecule has 0 spiro atoms. The molecule has 0 amide bonds. The Hall–Kier alpha value is -0.120. The summed E-state index contributed by atoms with van der Waals surface area (Å²) < 4.78 is 0. The van der Waals surface area contributed by atoms with Gasteiger partial charge < -0.3 is 16.0 Å². The predicted octanol–water partition coefficient (Wildman–Crippen LogP) is 1.05. The van der Waals surface area contributed by atoms with E-state index >= 15 is 0 Å². The third-order valence-corrected chi connectivity index (χ3v) is 2.26. The molecular formula is C11H27N3. The van der Waals surface area contributed by atoms with Gasteiger partial charge in [-0.15, -0.1) is 0 Å². The Balaban J connectivity index is 3.14. The van der Waals surface area contributed by atoms with Gasteiger partial charge in [0.25, 0.3) is 0 Å². The van der Waals surface area contributed by atoms with Gasteiger partial charge in [-0.2, -0.15) is 0 Å². The normalized spacial score (nSPS) is 13.5. The van der Waals surface area contributed by atoms with Gasteiger partial charge in [0.1, 0.15) is 0 Å². The molecule has 0 rings (SSSR count). The second-order valence-electron chi connectivity index (χ2n) is 4.26. The van der Waals surface area contributed by atoms with E-state index < -0.39 is 0 Å². The van der Waals surface area contributed by atoms with E-state index in [4.69, 9.17) is 5.73 Å². The smallest absolute Gasteiger partial charge is 0.0165 e. The fraction of sp³-hybridized carbons (Fsp3) is 1.00. The zero-order valence-corrected chi connectivity index (χ0v) is 10.1. The maximum atomic E-state index is 5.96. The number of unbranched alkanes of at least 4 members (excludes halogenated alkanes) is 1. The molecule has 0 saturated heterocycles. The SMILES string of the molecule is CCCNCC(N)CCCCN(C)C. The van der Waals surface area contributed by atoms with Crippen LogP contribution in [0, 0.1) is 0 Å². The first-order valence-electron chi connectivity index (χ1n) is 5.77. The third kappa shape index (κ3) is 9.96. The van der Waals surface area contributed by atoms with E-state index in [0.29, 0.717) is 6.04 Å². The third-order valence-electron chi connectivity index (χ3n) is 2.26. The molecule has 0 radical (unpaired) electrons. The van der Waals surface area contributed by atoms with Crippen molar-refractivity contribution in [2.24, 2.45) is 5.73 Å². The molecule has 0 aliphatic rings. The molecule has 0 aliphatic heterocycles. The lowest BCUT2D eigenvalue weighted by Crippen LogP contribution is -2.34. The molecule has 0 heterocycles. The molecule has 1 unspecified atom stereocenters. The zero-order valence-electron chi connectivity index (χ0n) is 10.1. The predicted molar refractivity (Wildman–Crippen MR) is 63.5 cm³/mol. The highest BCUT2D eigenvalue weighted by molar-refractivity contribution is 4.64. The molecule has 3 N–H and O–H groups in total. The highest BCUT2D eigenvalue weighted by Gasteiger charge is 2.01. The van der Waals surface area contributed by atoms with Gasteiger partial charge in [-0.1, -0.05) is 13.3 Å². The Kier molecular flexibility index (Phi) is 9.35. The van der Waals surface area contributed by atoms with Crippen molar-refractivity contribution in [3.8, 4) is 0 Å². The van der Waals surface area contributed by atoms with Crippen molar-refractivity contribution in [3.05, 3.63) is 0 Å². The first kappa shape index (κ1) is 13.9. The highest BCUT2D eigenvalue weighted by Crippen LogP contribution is 1.99. The second-order valence-corrected chi connectivity index (χ2v) is 4.26. The average molecular weight is 201 g/mol. The Morgan fingerprint density at radius 3 is 2.57 bits per heavy atom. The fourth-order valence-corrected chi connectivity index (χ4v) is 1.40. The molecule has 86 valence electrons. The van der Waals surface area contributed by atoms with E-state index in [0.717, 1.165) is 19.5 Å². The maximum Gasteiger partial charge on any atom is 0.0165 e. The molecule has 1 atom stereocenters. The Morgan fingerprint density at radius 1 is 1.29 bits per heavy atom. The van der Waals surface area contributed by atoms with E-state index in [2.05, 4.69) is 31.2 Å².